The molecule has 1 heterocycles. The second-order valence-corrected chi connectivity index (χ2v) is 5.91. The van der Waals surface area contributed by atoms with E-state index in [-0.39, 0.29) is 0 Å². The number of methoxy groups -OCH3 is 1. The summed E-state index contributed by atoms with van der Waals surface area (Å²) in [6.45, 7) is 8.69. The maximum Gasteiger partial charge on any atom is 0.193 e. The fourth-order valence-corrected chi connectivity index (χ4v) is 3.05. The Hall–Kier alpha value is -0.770. The molecule has 0 saturated carbocycles. The van der Waals surface area contributed by atoms with E-state index in [1.807, 2.05) is 7.05 Å². The first kappa shape index (κ1) is 16.3. The van der Waals surface area contributed by atoms with Crippen LogP contribution >= 0.6 is 0 Å². The third-order valence-electron chi connectivity index (χ3n) is 3.95. The number of piperidine rings is 1. The summed E-state index contributed by atoms with van der Waals surface area (Å²) in [5.41, 5.74) is 0.456. The van der Waals surface area contributed by atoms with Gasteiger partial charge in [0.1, 0.15) is 0 Å². The molecule has 1 saturated heterocycles. The Labute approximate surface area is 118 Å². The molecule has 0 spiro atoms. The lowest BCUT2D eigenvalue weighted by Gasteiger charge is -2.42. The van der Waals surface area contributed by atoms with Crippen LogP contribution in [-0.4, -0.2) is 51.3 Å². The molecule has 19 heavy (non-hydrogen) atoms. The van der Waals surface area contributed by atoms with Gasteiger partial charge in [-0.3, -0.25) is 4.99 Å². The molecule has 1 unspecified atom stereocenters. The minimum absolute atomic E-state index is 0.456. The van der Waals surface area contributed by atoms with Crippen LogP contribution in [0.2, 0.25) is 0 Å². The van der Waals surface area contributed by atoms with Crippen LogP contribution in [0.5, 0.6) is 0 Å². The van der Waals surface area contributed by atoms with E-state index in [9.17, 15) is 0 Å². The van der Waals surface area contributed by atoms with Gasteiger partial charge in [0.25, 0.3) is 0 Å². The number of rotatable bonds is 6. The second-order valence-electron chi connectivity index (χ2n) is 5.91. The van der Waals surface area contributed by atoms with Gasteiger partial charge in [-0.1, -0.05) is 20.3 Å². The van der Waals surface area contributed by atoms with E-state index in [0.717, 1.165) is 38.6 Å². The molecule has 1 atom stereocenters. The molecule has 112 valence electrons. The van der Waals surface area contributed by atoms with Crippen molar-refractivity contribution < 1.29 is 4.74 Å². The quantitative estimate of drug-likeness (QED) is 0.457. The second kappa shape index (κ2) is 8.41. The van der Waals surface area contributed by atoms with Crippen LogP contribution in [0.3, 0.4) is 0 Å². The summed E-state index contributed by atoms with van der Waals surface area (Å²) in [7, 11) is 3.63. The van der Waals surface area contributed by atoms with E-state index in [0.29, 0.717) is 5.41 Å². The van der Waals surface area contributed by atoms with Gasteiger partial charge in [-0.05, 0) is 31.1 Å². The van der Waals surface area contributed by atoms with Gasteiger partial charge < -0.3 is 15.0 Å². The van der Waals surface area contributed by atoms with Gasteiger partial charge in [-0.2, -0.15) is 0 Å². The third-order valence-corrected chi connectivity index (χ3v) is 3.95. The van der Waals surface area contributed by atoms with Crippen LogP contribution in [0.4, 0.5) is 0 Å². The van der Waals surface area contributed by atoms with Crippen LogP contribution in [0.1, 0.15) is 46.0 Å². The van der Waals surface area contributed by atoms with Gasteiger partial charge >= 0.3 is 0 Å². The number of ether oxygens (including phenoxy) is 1. The minimum Gasteiger partial charge on any atom is -0.385 e. The van der Waals surface area contributed by atoms with Crippen molar-refractivity contribution in [1.29, 1.82) is 0 Å². The Balaban J connectivity index is 2.47. The first-order valence-corrected chi connectivity index (χ1v) is 7.60. The summed E-state index contributed by atoms with van der Waals surface area (Å²) in [5.74, 6) is 1.05. The molecule has 1 aliphatic heterocycles. The smallest absolute Gasteiger partial charge is 0.193 e. The van der Waals surface area contributed by atoms with Crippen molar-refractivity contribution >= 4 is 5.96 Å². The predicted molar refractivity (Wildman–Crippen MR) is 81.7 cm³/mol. The molecular formula is C15H31N3O. The summed E-state index contributed by atoms with van der Waals surface area (Å²) < 4.78 is 5.07. The molecular weight excluding hydrogens is 238 g/mol. The van der Waals surface area contributed by atoms with E-state index in [2.05, 4.69) is 29.1 Å². The Morgan fingerprint density at radius 2 is 2.26 bits per heavy atom. The highest BCUT2D eigenvalue weighted by molar-refractivity contribution is 5.80. The number of nitrogens with one attached hydrogen (secondary N) is 1. The van der Waals surface area contributed by atoms with Gasteiger partial charge in [-0.25, -0.2) is 0 Å². The number of hydrogen-bond donors (Lipinski definition) is 1. The van der Waals surface area contributed by atoms with Crippen LogP contribution in [0.15, 0.2) is 4.99 Å². The highest BCUT2D eigenvalue weighted by Crippen LogP contribution is 2.33. The zero-order valence-electron chi connectivity index (χ0n) is 13.2. The number of nitrogens with zero attached hydrogens (tertiary/aromatic N) is 2. The first-order valence-electron chi connectivity index (χ1n) is 7.60. The molecule has 0 aromatic carbocycles. The SMILES string of the molecule is CCCC1(C)CCCN(C(=NC)NCCCOC)C1. The summed E-state index contributed by atoms with van der Waals surface area (Å²) >= 11 is 0. The number of guanidine groups is 1. The molecule has 0 aromatic rings. The highest BCUT2D eigenvalue weighted by atomic mass is 16.5. The molecule has 0 radical (unpaired) electrons. The van der Waals surface area contributed by atoms with Crippen molar-refractivity contribution in [3.63, 3.8) is 0 Å². The van der Waals surface area contributed by atoms with Gasteiger partial charge in [0.2, 0.25) is 0 Å². The molecule has 1 aliphatic rings. The lowest BCUT2D eigenvalue weighted by Crippen LogP contribution is -2.50. The van der Waals surface area contributed by atoms with E-state index >= 15 is 0 Å². The zero-order valence-corrected chi connectivity index (χ0v) is 13.2. The van der Waals surface area contributed by atoms with E-state index in [1.54, 1.807) is 7.11 Å². The zero-order chi connectivity index (χ0) is 14.1. The fraction of sp³-hybridized carbons (Fsp3) is 0.933. The van der Waals surface area contributed by atoms with Crippen molar-refractivity contribution in [2.24, 2.45) is 10.4 Å². The van der Waals surface area contributed by atoms with Gasteiger partial charge in [-0.15, -0.1) is 0 Å². The molecule has 1 fully saturated rings. The fourth-order valence-electron chi connectivity index (χ4n) is 3.05. The lowest BCUT2D eigenvalue weighted by molar-refractivity contribution is 0.142. The summed E-state index contributed by atoms with van der Waals surface area (Å²) in [4.78, 5) is 6.85. The van der Waals surface area contributed by atoms with Crippen molar-refractivity contribution in [2.45, 2.75) is 46.0 Å². The van der Waals surface area contributed by atoms with Gasteiger partial charge in [0.05, 0.1) is 0 Å². The third kappa shape index (κ3) is 5.39. The standard InChI is InChI=1S/C15H31N3O/c1-5-8-15(2)9-6-11-18(13-15)14(16-3)17-10-7-12-19-4/h5-13H2,1-4H3,(H,16,17). The highest BCUT2D eigenvalue weighted by Gasteiger charge is 2.31. The normalized spacial score (nSPS) is 24.6. The Bertz CT molecular complexity index is 277. The van der Waals surface area contributed by atoms with Crippen LogP contribution < -0.4 is 5.32 Å². The van der Waals surface area contributed by atoms with E-state index < -0.39 is 0 Å². The summed E-state index contributed by atoms with van der Waals surface area (Å²) in [5, 5.41) is 3.45. The minimum atomic E-state index is 0.456. The van der Waals surface area contributed by atoms with Gasteiger partial charge in [0.15, 0.2) is 5.96 Å². The van der Waals surface area contributed by atoms with Crippen molar-refractivity contribution in [1.82, 2.24) is 10.2 Å². The maximum absolute atomic E-state index is 5.07. The van der Waals surface area contributed by atoms with Crippen LogP contribution in [0.25, 0.3) is 0 Å². The molecule has 4 nitrogen and oxygen atoms in total. The van der Waals surface area contributed by atoms with E-state index in [4.69, 9.17) is 4.74 Å². The maximum atomic E-state index is 5.07. The molecule has 0 aromatic heterocycles. The lowest BCUT2D eigenvalue weighted by atomic mass is 9.78. The van der Waals surface area contributed by atoms with Crippen LogP contribution in [0, 0.1) is 5.41 Å². The topological polar surface area (TPSA) is 36.9 Å². The molecule has 0 aliphatic carbocycles. The Morgan fingerprint density at radius 1 is 1.47 bits per heavy atom. The molecule has 0 bridgehead atoms. The monoisotopic (exact) mass is 269 g/mol. The molecule has 1 rings (SSSR count). The molecule has 0 amide bonds. The summed E-state index contributed by atoms with van der Waals surface area (Å²) in [6, 6.07) is 0. The van der Waals surface area contributed by atoms with Crippen molar-refractivity contribution in [3.05, 3.63) is 0 Å². The largest absolute Gasteiger partial charge is 0.385 e. The number of hydrogen-bond acceptors (Lipinski definition) is 2. The van der Waals surface area contributed by atoms with Gasteiger partial charge in [0, 0.05) is 40.4 Å². The number of likely N-dealkylation sites (tertiary alicyclic amines) is 1. The Kier molecular flexibility index (Phi) is 7.21. The summed E-state index contributed by atoms with van der Waals surface area (Å²) in [6.07, 6.45) is 6.22. The van der Waals surface area contributed by atoms with Crippen molar-refractivity contribution in [3.8, 4) is 0 Å². The number of aliphatic imine (C=N–C) groups is 1. The predicted octanol–water partition coefficient (Wildman–Crippen LogP) is 2.50. The average Bonchev–Trinajstić information content (AvgIpc) is 2.39. The van der Waals surface area contributed by atoms with E-state index in [1.165, 1.54) is 25.7 Å². The molecule has 1 N–H and O–H groups in total. The van der Waals surface area contributed by atoms with Crippen molar-refractivity contribution in [2.75, 3.05) is 40.4 Å². The Morgan fingerprint density at radius 3 is 2.89 bits per heavy atom. The van der Waals surface area contributed by atoms with Crippen LogP contribution in [-0.2, 0) is 4.74 Å². The molecule has 4 heteroatoms. The average molecular weight is 269 g/mol. The first-order chi connectivity index (χ1) is 9.15.